The Morgan fingerprint density at radius 3 is 2.65 bits per heavy atom. The van der Waals surface area contributed by atoms with Gasteiger partial charge in [0, 0.05) is 17.5 Å². The summed E-state index contributed by atoms with van der Waals surface area (Å²) in [7, 11) is 0. The molecule has 0 aromatic heterocycles. The molecule has 1 heterocycles. The number of carbonyl (C=O) groups excluding carboxylic acids is 2. The standard InChI is InChI=1S/C13H12N2O4S/c16-11(14-8-4-2-1-3-5-8)6-10-12(17)15-9(7-20-10)13(18)19/h1-6,9H,7H2,(H,14,16)(H,15,17)(H,18,19)/b10-6+/t9-/m1/s1. The van der Waals surface area contributed by atoms with Crippen LogP contribution < -0.4 is 10.6 Å². The Kier molecular flexibility index (Phi) is 4.41. The minimum absolute atomic E-state index is 0.200. The van der Waals surface area contributed by atoms with Crippen molar-refractivity contribution in [3.63, 3.8) is 0 Å². The zero-order valence-corrected chi connectivity index (χ0v) is 11.1. The normalized spacial score (nSPS) is 20.3. The van der Waals surface area contributed by atoms with Gasteiger partial charge in [0.2, 0.25) is 5.91 Å². The zero-order chi connectivity index (χ0) is 14.5. The zero-order valence-electron chi connectivity index (χ0n) is 10.3. The average molecular weight is 292 g/mol. The summed E-state index contributed by atoms with van der Waals surface area (Å²) in [5.74, 6) is -1.86. The van der Waals surface area contributed by atoms with Crippen LogP contribution in [0.3, 0.4) is 0 Å². The number of hydrogen-bond acceptors (Lipinski definition) is 4. The van der Waals surface area contributed by atoms with Crippen molar-refractivity contribution in [3.05, 3.63) is 41.3 Å². The van der Waals surface area contributed by atoms with E-state index in [1.54, 1.807) is 24.3 Å². The van der Waals surface area contributed by atoms with Crippen molar-refractivity contribution in [2.24, 2.45) is 0 Å². The van der Waals surface area contributed by atoms with Crippen molar-refractivity contribution in [2.75, 3.05) is 11.1 Å². The van der Waals surface area contributed by atoms with Gasteiger partial charge < -0.3 is 15.7 Å². The van der Waals surface area contributed by atoms with Gasteiger partial charge >= 0.3 is 5.97 Å². The second kappa shape index (κ2) is 6.25. The van der Waals surface area contributed by atoms with E-state index in [9.17, 15) is 14.4 Å². The highest BCUT2D eigenvalue weighted by Crippen LogP contribution is 2.22. The minimum atomic E-state index is -1.08. The third kappa shape index (κ3) is 3.61. The number of thioether (sulfide) groups is 1. The number of carboxylic acid groups (broad SMARTS) is 1. The topological polar surface area (TPSA) is 95.5 Å². The Morgan fingerprint density at radius 1 is 1.35 bits per heavy atom. The predicted octanol–water partition coefficient (Wildman–Crippen LogP) is 0.825. The molecule has 0 unspecified atom stereocenters. The van der Waals surface area contributed by atoms with Gasteiger partial charge in [-0.1, -0.05) is 18.2 Å². The number of carboxylic acids is 1. The lowest BCUT2D eigenvalue weighted by molar-refractivity contribution is -0.140. The average Bonchev–Trinajstić information content (AvgIpc) is 2.42. The first-order chi connectivity index (χ1) is 9.56. The van der Waals surface area contributed by atoms with Crippen LogP contribution in [0.5, 0.6) is 0 Å². The fourth-order valence-electron chi connectivity index (χ4n) is 1.57. The molecule has 1 aliphatic heterocycles. The van der Waals surface area contributed by atoms with Crippen LogP contribution in [0.4, 0.5) is 5.69 Å². The van der Waals surface area contributed by atoms with Crippen molar-refractivity contribution < 1.29 is 19.5 Å². The van der Waals surface area contributed by atoms with Crippen molar-refractivity contribution in [3.8, 4) is 0 Å². The first-order valence-electron chi connectivity index (χ1n) is 5.80. The molecule has 2 rings (SSSR count). The van der Waals surface area contributed by atoms with Gasteiger partial charge in [0.25, 0.3) is 5.91 Å². The van der Waals surface area contributed by atoms with E-state index in [1.165, 1.54) is 6.08 Å². The van der Waals surface area contributed by atoms with E-state index in [0.29, 0.717) is 5.69 Å². The largest absolute Gasteiger partial charge is 0.480 e. The molecule has 0 spiro atoms. The van der Waals surface area contributed by atoms with Gasteiger partial charge in [-0.15, -0.1) is 11.8 Å². The van der Waals surface area contributed by atoms with E-state index in [0.717, 1.165) is 11.8 Å². The van der Waals surface area contributed by atoms with Crippen molar-refractivity contribution in [1.82, 2.24) is 5.32 Å². The van der Waals surface area contributed by atoms with Crippen LogP contribution in [0.2, 0.25) is 0 Å². The number of amides is 2. The van der Waals surface area contributed by atoms with Crippen LogP contribution in [0.15, 0.2) is 41.3 Å². The lowest BCUT2D eigenvalue weighted by Gasteiger charge is -2.20. The fraction of sp³-hybridized carbons (Fsp3) is 0.154. The Labute approximate surface area is 119 Å². The Bertz CT molecular complexity index is 571. The van der Waals surface area contributed by atoms with Gasteiger partial charge in [-0.05, 0) is 12.1 Å². The third-order valence-corrected chi connectivity index (χ3v) is 3.65. The summed E-state index contributed by atoms with van der Waals surface area (Å²) in [6.45, 7) is 0. The SMILES string of the molecule is O=C(/C=C1/SC[C@H](C(=O)O)NC1=O)Nc1ccccc1. The first kappa shape index (κ1) is 14.1. The molecule has 0 radical (unpaired) electrons. The molecular formula is C13H12N2O4S. The summed E-state index contributed by atoms with van der Waals surface area (Å²) >= 11 is 1.05. The van der Waals surface area contributed by atoms with E-state index in [2.05, 4.69) is 10.6 Å². The summed E-state index contributed by atoms with van der Waals surface area (Å²) in [5, 5.41) is 13.7. The summed E-state index contributed by atoms with van der Waals surface area (Å²) < 4.78 is 0. The van der Waals surface area contributed by atoms with Gasteiger partial charge in [0.1, 0.15) is 6.04 Å². The first-order valence-corrected chi connectivity index (χ1v) is 6.79. The number of rotatable bonds is 3. The molecule has 1 saturated heterocycles. The summed E-state index contributed by atoms with van der Waals surface area (Å²) in [4.78, 5) is 34.3. The fourth-order valence-corrected chi connectivity index (χ4v) is 2.52. The van der Waals surface area contributed by atoms with E-state index in [4.69, 9.17) is 5.11 Å². The quantitative estimate of drug-likeness (QED) is 0.717. The molecule has 0 aliphatic carbocycles. The number of para-hydroxylation sites is 1. The summed E-state index contributed by atoms with van der Waals surface area (Å²) in [5.41, 5.74) is 0.624. The highest BCUT2D eigenvalue weighted by atomic mass is 32.2. The molecule has 3 N–H and O–H groups in total. The molecule has 2 amide bonds. The molecule has 1 aromatic carbocycles. The Morgan fingerprint density at radius 2 is 2.05 bits per heavy atom. The lowest BCUT2D eigenvalue weighted by Crippen LogP contribution is -2.46. The lowest BCUT2D eigenvalue weighted by atomic mass is 10.3. The number of hydrogen-bond donors (Lipinski definition) is 3. The maximum Gasteiger partial charge on any atom is 0.327 e. The smallest absolute Gasteiger partial charge is 0.327 e. The molecule has 1 atom stereocenters. The van der Waals surface area contributed by atoms with E-state index >= 15 is 0 Å². The van der Waals surface area contributed by atoms with Crippen LogP contribution in [-0.2, 0) is 14.4 Å². The van der Waals surface area contributed by atoms with Crippen LogP contribution in [0.25, 0.3) is 0 Å². The molecular weight excluding hydrogens is 280 g/mol. The number of anilines is 1. The van der Waals surface area contributed by atoms with Gasteiger partial charge in [-0.2, -0.15) is 0 Å². The summed E-state index contributed by atoms with van der Waals surface area (Å²) in [6.07, 6.45) is 1.17. The maximum absolute atomic E-state index is 11.7. The van der Waals surface area contributed by atoms with Crippen molar-refractivity contribution in [2.45, 2.75) is 6.04 Å². The van der Waals surface area contributed by atoms with Crippen molar-refractivity contribution >= 4 is 35.2 Å². The molecule has 0 bridgehead atoms. The Balaban J connectivity index is 1.99. The van der Waals surface area contributed by atoms with Crippen LogP contribution in [-0.4, -0.2) is 34.7 Å². The van der Waals surface area contributed by atoms with Gasteiger partial charge in [0.15, 0.2) is 0 Å². The Hall–Kier alpha value is -2.28. The van der Waals surface area contributed by atoms with Crippen LogP contribution >= 0.6 is 11.8 Å². The highest BCUT2D eigenvalue weighted by molar-refractivity contribution is 8.04. The molecule has 6 nitrogen and oxygen atoms in total. The molecule has 1 aromatic rings. The predicted molar refractivity (Wildman–Crippen MR) is 75.2 cm³/mol. The molecule has 0 saturated carbocycles. The monoisotopic (exact) mass is 292 g/mol. The molecule has 104 valence electrons. The van der Waals surface area contributed by atoms with E-state index in [1.807, 2.05) is 6.07 Å². The van der Waals surface area contributed by atoms with Gasteiger partial charge in [-0.25, -0.2) is 4.79 Å². The third-order valence-electron chi connectivity index (χ3n) is 2.54. The number of aliphatic carboxylic acids is 1. The van der Waals surface area contributed by atoms with Crippen LogP contribution in [0, 0.1) is 0 Å². The highest BCUT2D eigenvalue weighted by Gasteiger charge is 2.28. The molecule has 1 aliphatic rings. The van der Waals surface area contributed by atoms with Crippen LogP contribution in [0.1, 0.15) is 0 Å². The molecule has 20 heavy (non-hydrogen) atoms. The number of nitrogens with one attached hydrogen (secondary N) is 2. The number of benzene rings is 1. The second-order valence-electron chi connectivity index (χ2n) is 4.04. The minimum Gasteiger partial charge on any atom is -0.480 e. The van der Waals surface area contributed by atoms with E-state index in [-0.39, 0.29) is 10.7 Å². The summed E-state index contributed by atoms with van der Waals surface area (Å²) in [6, 6.07) is 7.92. The maximum atomic E-state index is 11.7. The second-order valence-corrected chi connectivity index (χ2v) is 5.10. The molecule has 7 heteroatoms. The van der Waals surface area contributed by atoms with Gasteiger partial charge in [0.05, 0.1) is 4.91 Å². The van der Waals surface area contributed by atoms with E-state index < -0.39 is 23.8 Å². The van der Waals surface area contributed by atoms with Crippen molar-refractivity contribution in [1.29, 1.82) is 0 Å². The van der Waals surface area contributed by atoms with Gasteiger partial charge in [-0.3, -0.25) is 9.59 Å². The molecule has 1 fully saturated rings. The number of carbonyl (C=O) groups is 3.